The van der Waals surface area contributed by atoms with E-state index in [0.29, 0.717) is 36.0 Å². The molecule has 0 unspecified atom stereocenters. The first kappa shape index (κ1) is 25.4. The summed E-state index contributed by atoms with van der Waals surface area (Å²) in [6.07, 6.45) is 0.154. The molecule has 8 heteroatoms. The maximum Gasteiger partial charge on any atom is 0.342 e. The SMILES string of the molecule is O=C1N(c2ccccc2)C(=O)C2(Cc3ccc(Cl)cc3N3CCN(c4ccccc4)C[C@H]32)C(=O)N1c1ccccc1. The molecule has 0 aliphatic carbocycles. The van der Waals surface area contributed by atoms with Crippen LogP contribution in [-0.4, -0.2) is 43.5 Å². The lowest BCUT2D eigenvalue weighted by Crippen LogP contribution is -2.76. The Hall–Kier alpha value is -4.62. The molecule has 41 heavy (non-hydrogen) atoms. The third-order valence-electron chi connectivity index (χ3n) is 8.48. The van der Waals surface area contributed by atoms with Crippen molar-refractivity contribution in [3.8, 4) is 0 Å². The lowest BCUT2D eigenvalue weighted by molar-refractivity contribution is -0.143. The van der Waals surface area contributed by atoms with E-state index in [1.807, 2.05) is 54.6 Å². The summed E-state index contributed by atoms with van der Waals surface area (Å²) in [5, 5.41) is 0.595. The maximum absolute atomic E-state index is 14.9. The van der Waals surface area contributed by atoms with Gasteiger partial charge >= 0.3 is 6.03 Å². The van der Waals surface area contributed by atoms with Gasteiger partial charge in [0.15, 0.2) is 5.41 Å². The number of fused-ring (bicyclic) bond motifs is 4. The molecule has 7 rings (SSSR count). The number of anilines is 4. The zero-order chi connectivity index (χ0) is 28.1. The summed E-state index contributed by atoms with van der Waals surface area (Å²) < 4.78 is 0. The summed E-state index contributed by atoms with van der Waals surface area (Å²) in [4.78, 5) is 50.6. The van der Waals surface area contributed by atoms with Gasteiger partial charge in [-0.2, -0.15) is 0 Å². The van der Waals surface area contributed by atoms with E-state index in [4.69, 9.17) is 11.6 Å². The third kappa shape index (κ3) is 3.91. The molecular formula is C33H27ClN4O3. The molecular weight excluding hydrogens is 536 g/mol. The van der Waals surface area contributed by atoms with Crippen LogP contribution in [0.2, 0.25) is 5.02 Å². The molecule has 4 amide bonds. The molecule has 2 saturated heterocycles. The number of hydrogen-bond donors (Lipinski definition) is 0. The number of halogens is 1. The van der Waals surface area contributed by atoms with Gasteiger partial charge in [-0.05, 0) is 60.5 Å². The van der Waals surface area contributed by atoms with Crippen LogP contribution in [0.3, 0.4) is 0 Å². The highest BCUT2D eigenvalue weighted by molar-refractivity contribution is 6.39. The van der Waals surface area contributed by atoms with E-state index in [1.54, 1.807) is 54.6 Å². The Morgan fingerprint density at radius 3 is 1.76 bits per heavy atom. The van der Waals surface area contributed by atoms with E-state index < -0.39 is 29.3 Å². The Morgan fingerprint density at radius 2 is 1.20 bits per heavy atom. The molecule has 4 aromatic rings. The lowest BCUT2D eigenvalue weighted by Gasteiger charge is -2.57. The highest BCUT2D eigenvalue weighted by atomic mass is 35.5. The average Bonchev–Trinajstić information content (AvgIpc) is 3.01. The van der Waals surface area contributed by atoms with Gasteiger partial charge in [-0.15, -0.1) is 0 Å². The Morgan fingerprint density at radius 1 is 0.659 bits per heavy atom. The molecule has 3 aliphatic heterocycles. The second-order valence-corrected chi connectivity index (χ2v) is 11.1. The van der Waals surface area contributed by atoms with Gasteiger partial charge < -0.3 is 9.80 Å². The molecule has 1 spiro atoms. The van der Waals surface area contributed by atoms with Gasteiger partial charge in [-0.1, -0.05) is 72.3 Å². The van der Waals surface area contributed by atoms with Crippen LogP contribution in [0.15, 0.2) is 109 Å². The van der Waals surface area contributed by atoms with Gasteiger partial charge in [-0.25, -0.2) is 14.6 Å². The first-order valence-corrected chi connectivity index (χ1v) is 14.0. The predicted octanol–water partition coefficient (Wildman–Crippen LogP) is 5.78. The fraction of sp³-hybridized carbons (Fsp3) is 0.182. The topological polar surface area (TPSA) is 64.2 Å². The molecule has 1 atom stereocenters. The lowest BCUT2D eigenvalue weighted by atomic mass is 9.67. The van der Waals surface area contributed by atoms with Crippen LogP contribution < -0.4 is 19.6 Å². The first-order chi connectivity index (χ1) is 20.0. The number of urea groups is 1. The van der Waals surface area contributed by atoms with E-state index in [9.17, 15) is 14.4 Å². The normalized spacial score (nSPS) is 19.8. The molecule has 7 nitrogen and oxygen atoms in total. The Balaban J connectivity index is 1.45. The van der Waals surface area contributed by atoms with Gasteiger partial charge in [0.2, 0.25) is 0 Å². The van der Waals surface area contributed by atoms with Crippen LogP contribution in [0, 0.1) is 5.41 Å². The Bertz CT molecular complexity index is 1590. The summed E-state index contributed by atoms with van der Waals surface area (Å²) in [7, 11) is 0. The van der Waals surface area contributed by atoms with Crippen LogP contribution in [0.1, 0.15) is 5.56 Å². The van der Waals surface area contributed by atoms with Gasteiger partial charge in [-0.3, -0.25) is 9.59 Å². The van der Waals surface area contributed by atoms with E-state index >= 15 is 0 Å². The van der Waals surface area contributed by atoms with Crippen molar-refractivity contribution in [3.63, 3.8) is 0 Å². The molecule has 0 bridgehead atoms. The van der Waals surface area contributed by atoms with Gasteiger partial charge in [0.05, 0.1) is 17.4 Å². The molecule has 0 aromatic heterocycles. The molecule has 0 saturated carbocycles. The number of carbonyl (C=O) groups excluding carboxylic acids is 3. The predicted molar refractivity (Wildman–Crippen MR) is 161 cm³/mol. The number of amides is 4. The van der Waals surface area contributed by atoms with Crippen molar-refractivity contribution in [2.45, 2.75) is 12.5 Å². The van der Waals surface area contributed by atoms with Crippen LogP contribution in [-0.2, 0) is 16.0 Å². The van der Waals surface area contributed by atoms with Crippen LogP contribution >= 0.6 is 11.6 Å². The first-order valence-electron chi connectivity index (χ1n) is 13.7. The second-order valence-electron chi connectivity index (χ2n) is 10.6. The second kappa shape index (κ2) is 9.78. The van der Waals surface area contributed by atoms with Crippen LogP contribution in [0.4, 0.5) is 27.5 Å². The van der Waals surface area contributed by atoms with Crippen molar-refractivity contribution < 1.29 is 14.4 Å². The molecule has 2 fully saturated rings. The number of barbiturate groups is 1. The number of carbonyl (C=O) groups is 3. The smallest absolute Gasteiger partial charge is 0.342 e. The number of rotatable bonds is 3. The number of imide groups is 2. The molecule has 0 N–H and O–H groups in total. The Labute approximate surface area is 243 Å². The number of piperazine rings is 1. The highest BCUT2D eigenvalue weighted by Gasteiger charge is 2.65. The third-order valence-corrected chi connectivity index (χ3v) is 8.71. The zero-order valence-corrected chi connectivity index (χ0v) is 22.9. The minimum absolute atomic E-state index is 0.154. The minimum atomic E-state index is -1.56. The van der Waals surface area contributed by atoms with Gasteiger partial charge in [0, 0.05) is 36.0 Å². The zero-order valence-electron chi connectivity index (χ0n) is 22.2. The summed E-state index contributed by atoms with van der Waals surface area (Å²) in [5.74, 6) is -1.01. The van der Waals surface area contributed by atoms with Crippen molar-refractivity contribution in [2.75, 3.05) is 39.2 Å². The molecule has 204 valence electrons. The quantitative estimate of drug-likeness (QED) is 0.296. The number of benzene rings is 4. The van der Waals surface area contributed by atoms with E-state index in [0.717, 1.165) is 16.9 Å². The standard InChI is InChI=1S/C33H27ClN4O3/c34-24-17-16-23-21-33(29-22-35(25-10-4-1-5-11-25)18-19-36(29)28(23)20-24)30(39)37(26-12-6-2-7-13-26)32(41)38(31(33)40)27-14-8-3-9-15-27/h1-17,20,29H,18-19,21-22H2/t29-/m0/s1. The van der Waals surface area contributed by atoms with Gasteiger partial charge in [0.1, 0.15) is 0 Å². The van der Waals surface area contributed by atoms with E-state index in [-0.39, 0.29) is 6.42 Å². The molecule has 0 radical (unpaired) electrons. The number of para-hydroxylation sites is 3. The Kier molecular flexibility index (Phi) is 6.05. The largest absolute Gasteiger partial charge is 0.368 e. The van der Waals surface area contributed by atoms with Crippen molar-refractivity contribution >= 4 is 52.2 Å². The van der Waals surface area contributed by atoms with E-state index in [2.05, 4.69) is 9.80 Å². The molecule has 3 heterocycles. The summed E-state index contributed by atoms with van der Waals surface area (Å²) in [6, 6.07) is 32.1. The van der Waals surface area contributed by atoms with E-state index in [1.165, 1.54) is 9.80 Å². The van der Waals surface area contributed by atoms with Gasteiger partial charge in [0.25, 0.3) is 11.8 Å². The summed E-state index contributed by atoms with van der Waals surface area (Å²) >= 11 is 6.46. The fourth-order valence-electron chi connectivity index (χ4n) is 6.55. The van der Waals surface area contributed by atoms with Crippen LogP contribution in [0.25, 0.3) is 0 Å². The highest BCUT2D eigenvalue weighted by Crippen LogP contribution is 2.49. The van der Waals surface area contributed by atoms with Crippen LogP contribution in [0.5, 0.6) is 0 Å². The van der Waals surface area contributed by atoms with Crippen molar-refractivity contribution in [2.24, 2.45) is 5.41 Å². The van der Waals surface area contributed by atoms with Crippen molar-refractivity contribution in [1.82, 2.24) is 0 Å². The fourth-order valence-corrected chi connectivity index (χ4v) is 6.71. The number of hydrogen-bond acceptors (Lipinski definition) is 5. The van der Waals surface area contributed by atoms with Crippen molar-refractivity contribution in [3.05, 3.63) is 120 Å². The summed E-state index contributed by atoms with van der Waals surface area (Å²) in [5.41, 5.74) is 2.10. The minimum Gasteiger partial charge on any atom is -0.368 e. The molecule has 4 aromatic carbocycles. The van der Waals surface area contributed by atoms with Crippen molar-refractivity contribution in [1.29, 1.82) is 0 Å². The molecule has 3 aliphatic rings. The maximum atomic E-state index is 14.9. The summed E-state index contributed by atoms with van der Waals surface area (Å²) in [6.45, 7) is 1.71. The average molecular weight is 563 g/mol. The number of nitrogens with zero attached hydrogens (tertiary/aromatic N) is 4. The monoisotopic (exact) mass is 562 g/mol.